The van der Waals surface area contributed by atoms with Gasteiger partial charge in [-0.15, -0.1) is 0 Å². The molecule has 10 heteroatoms. The van der Waals surface area contributed by atoms with Crippen molar-refractivity contribution in [3.63, 3.8) is 0 Å². The lowest BCUT2D eigenvalue weighted by molar-refractivity contribution is -0.0948. The number of aliphatic hydroxyl groups excluding tert-OH is 2. The van der Waals surface area contributed by atoms with Gasteiger partial charge in [0.05, 0.1) is 17.6 Å². The lowest BCUT2D eigenvalue weighted by Gasteiger charge is -2.27. The SMILES string of the molecule is C[C@@]1(O)C(n2cc(C(=O)O)c3c(N)ncnc32)OC(CO)[C@H]1O. The highest BCUT2D eigenvalue weighted by Gasteiger charge is 2.53. The summed E-state index contributed by atoms with van der Waals surface area (Å²) < 4.78 is 6.76. The van der Waals surface area contributed by atoms with Crippen LogP contribution >= 0.6 is 0 Å². The first-order valence-corrected chi connectivity index (χ1v) is 6.80. The first kappa shape index (κ1) is 15.6. The van der Waals surface area contributed by atoms with Crippen molar-refractivity contribution < 1.29 is 30.0 Å². The maximum atomic E-state index is 11.4. The predicted octanol–water partition coefficient (Wildman–Crippen LogP) is -1.29. The van der Waals surface area contributed by atoms with Gasteiger partial charge in [-0.05, 0) is 6.92 Å². The van der Waals surface area contributed by atoms with Crippen LogP contribution in [-0.2, 0) is 4.74 Å². The van der Waals surface area contributed by atoms with Crippen LogP contribution in [0.4, 0.5) is 5.82 Å². The third-order valence-electron chi connectivity index (χ3n) is 4.06. The molecule has 1 aliphatic rings. The van der Waals surface area contributed by atoms with E-state index in [0.29, 0.717) is 0 Å². The zero-order valence-electron chi connectivity index (χ0n) is 12.1. The fourth-order valence-electron chi connectivity index (χ4n) is 2.84. The highest BCUT2D eigenvalue weighted by atomic mass is 16.6. The second-order valence-corrected chi connectivity index (χ2v) is 5.59. The average molecular weight is 324 g/mol. The number of carbonyl (C=O) groups is 1. The zero-order valence-corrected chi connectivity index (χ0v) is 12.1. The summed E-state index contributed by atoms with van der Waals surface area (Å²) in [5, 5.41) is 39.3. The van der Waals surface area contributed by atoms with Crippen molar-refractivity contribution in [2.75, 3.05) is 12.3 Å². The number of carboxylic acids is 1. The summed E-state index contributed by atoms with van der Waals surface area (Å²) in [4.78, 5) is 19.2. The van der Waals surface area contributed by atoms with Gasteiger partial charge < -0.3 is 35.5 Å². The third-order valence-corrected chi connectivity index (χ3v) is 4.06. The number of nitrogens with two attached hydrogens (primary N) is 1. The Hall–Kier alpha value is -2.27. The molecule has 0 saturated carbocycles. The van der Waals surface area contributed by atoms with Crippen molar-refractivity contribution in [3.8, 4) is 0 Å². The summed E-state index contributed by atoms with van der Waals surface area (Å²) in [7, 11) is 0. The summed E-state index contributed by atoms with van der Waals surface area (Å²) in [5.41, 5.74) is 3.96. The minimum Gasteiger partial charge on any atom is -0.478 e. The van der Waals surface area contributed by atoms with Gasteiger partial charge in [0.1, 0.15) is 35.6 Å². The first-order chi connectivity index (χ1) is 10.8. The van der Waals surface area contributed by atoms with E-state index in [0.717, 1.165) is 6.33 Å². The summed E-state index contributed by atoms with van der Waals surface area (Å²) in [6, 6.07) is 0. The lowest BCUT2D eigenvalue weighted by Crippen LogP contribution is -2.44. The predicted molar refractivity (Wildman–Crippen MR) is 76.5 cm³/mol. The van der Waals surface area contributed by atoms with Crippen molar-refractivity contribution in [1.82, 2.24) is 14.5 Å². The number of aromatic carboxylic acids is 1. The summed E-state index contributed by atoms with van der Waals surface area (Å²) >= 11 is 0. The topological polar surface area (TPSA) is 164 Å². The van der Waals surface area contributed by atoms with E-state index in [9.17, 15) is 25.2 Å². The molecule has 124 valence electrons. The van der Waals surface area contributed by atoms with E-state index in [1.807, 2.05) is 0 Å². The van der Waals surface area contributed by atoms with Crippen LogP contribution in [0.5, 0.6) is 0 Å². The summed E-state index contributed by atoms with van der Waals surface area (Å²) in [6.07, 6.45) is -1.16. The Labute approximate surface area is 129 Å². The second-order valence-electron chi connectivity index (χ2n) is 5.59. The van der Waals surface area contributed by atoms with E-state index < -0.39 is 36.6 Å². The largest absolute Gasteiger partial charge is 0.478 e. The number of nitrogens with zero attached hydrogens (tertiary/aromatic N) is 3. The van der Waals surface area contributed by atoms with Gasteiger partial charge in [0.25, 0.3) is 0 Å². The highest BCUT2D eigenvalue weighted by Crippen LogP contribution is 2.40. The van der Waals surface area contributed by atoms with Gasteiger partial charge in [0.2, 0.25) is 0 Å². The smallest absolute Gasteiger partial charge is 0.338 e. The number of aromatic nitrogens is 3. The van der Waals surface area contributed by atoms with Crippen molar-refractivity contribution in [2.24, 2.45) is 0 Å². The monoisotopic (exact) mass is 324 g/mol. The normalized spacial score (nSPS) is 30.9. The maximum Gasteiger partial charge on any atom is 0.338 e. The molecule has 3 heterocycles. The van der Waals surface area contributed by atoms with Gasteiger partial charge in [0, 0.05) is 6.20 Å². The molecule has 3 rings (SSSR count). The summed E-state index contributed by atoms with van der Waals surface area (Å²) in [5.74, 6) is -1.27. The van der Waals surface area contributed by atoms with Crippen LogP contribution < -0.4 is 5.73 Å². The molecule has 10 nitrogen and oxygen atoms in total. The number of fused-ring (bicyclic) bond motifs is 1. The molecule has 2 unspecified atom stereocenters. The first-order valence-electron chi connectivity index (χ1n) is 6.80. The van der Waals surface area contributed by atoms with Gasteiger partial charge >= 0.3 is 5.97 Å². The van der Waals surface area contributed by atoms with E-state index in [2.05, 4.69) is 9.97 Å². The summed E-state index contributed by atoms with van der Waals surface area (Å²) in [6.45, 7) is 0.824. The van der Waals surface area contributed by atoms with E-state index in [1.54, 1.807) is 0 Å². The van der Waals surface area contributed by atoms with Crippen LogP contribution in [-0.4, -0.2) is 65.3 Å². The van der Waals surface area contributed by atoms with Crippen LogP contribution in [0.2, 0.25) is 0 Å². The van der Waals surface area contributed by atoms with Crippen LogP contribution in [0.1, 0.15) is 23.5 Å². The average Bonchev–Trinajstić information content (AvgIpc) is 2.97. The minimum absolute atomic E-state index is 0.0250. The van der Waals surface area contributed by atoms with Crippen molar-refractivity contribution in [3.05, 3.63) is 18.1 Å². The molecule has 1 saturated heterocycles. The number of carboxylic acid groups (broad SMARTS) is 1. The van der Waals surface area contributed by atoms with Crippen LogP contribution in [0.3, 0.4) is 0 Å². The van der Waals surface area contributed by atoms with E-state index in [-0.39, 0.29) is 22.4 Å². The molecule has 0 amide bonds. The molecule has 6 N–H and O–H groups in total. The number of ether oxygens (including phenoxy) is 1. The minimum atomic E-state index is -1.77. The molecular formula is C13H16N4O6. The van der Waals surface area contributed by atoms with Crippen LogP contribution in [0.15, 0.2) is 12.5 Å². The molecule has 0 radical (unpaired) electrons. The Morgan fingerprint density at radius 3 is 2.78 bits per heavy atom. The number of nitrogen functional groups attached to an aromatic ring is 1. The molecule has 0 bridgehead atoms. The number of rotatable bonds is 3. The quantitative estimate of drug-likeness (QED) is 0.462. The molecule has 0 aromatic carbocycles. The van der Waals surface area contributed by atoms with E-state index in [1.165, 1.54) is 17.7 Å². The van der Waals surface area contributed by atoms with Crippen molar-refractivity contribution >= 4 is 22.8 Å². The van der Waals surface area contributed by atoms with Crippen molar-refractivity contribution in [1.29, 1.82) is 0 Å². The standard InChI is InChI=1S/C13H16N4O6/c1-13(22)8(19)6(3-18)23-12(13)17-2-5(11(20)21)7-9(14)15-4-16-10(7)17/h2,4,6,8,12,18-19,22H,3H2,1H3,(H,20,21)(H2,14,15,16)/t6?,8-,12?,13+/m1/s1. The number of aliphatic hydroxyl groups is 3. The fourth-order valence-corrected chi connectivity index (χ4v) is 2.84. The molecule has 2 aromatic heterocycles. The molecule has 1 fully saturated rings. The van der Waals surface area contributed by atoms with Crippen molar-refractivity contribution in [2.45, 2.75) is 31.0 Å². The molecule has 4 atom stereocenters. The number of anilines is 1. The molecule has 0 spiro atoms. The Kier molecular flexibility index (Phi) is 3.48. The number of hydrogen-bond acceptors (Lipinski definition) is 8. The van der Waals surface area contributed by atoms with E-state index in [4.69, 9.17) is 10.5 Å². The molecule has 1 aliphatic heterocycles. The molecule has 0 aliphatic carbocycles. The van der Waals surface area contributed by atoms with Gasteiger partial charge in [-0.1, -0.05) is 0 Å². The van der Waals surface area contributed by atoms with Crippen LogP contribution in [0.25, 0.3) is 11.0 Å². The molecule has 2 aromatic rings. The van der Waals surface area contributed by atoms with Gasteiger partial charge in [-0.25, -0.2) is 14.8 Å². The van der Waals surface area contributed by atoms with Gasteiger partial charge in [-0.3, -0.25) is 0 Å². The fraction of sp³-hybridized carbons (Fsp3) is 0.462. The zero-order chi connectivity index (χ0) is 16.9. The van der Waals surface area contributed by atoms with Gasteiger partial charge in [0.15, 0.2) is 6.23 Å². The molecular weight excluding hydrogens is 308 g/mol. The third kappa shape index (κ3) is 2.15. The second kappa shape index (κ2) is 5.13. The van der Waals surface area contributed by atoms with Crippen LogP contribution in [0, 0.1) is 0 Å². The maximum absolute atomic E-state index is 11.4. The highest BCUT2D eigenvalue weighted by molar-refractivity contribution is 6.06. The van der Waals surface area contributed by atoms with Gasteiger partial charge in [-0.2, -0.15) is 0 Å². The number of hydrogen-bond donors (Lipinski definition) is 5. The Morgan fingerprint density at radius 1 is 1.52 bits per heavy atom. The van der Waals surface area contributed by atoms with E-state index >= 15 is 0 Å². The Balaban J connectivity index is 2.21. The molecule has 23 heavy (non-hydrogen) atoms. The Bertz CT molecular complexity index is 773. The lowest BCUT2D eigenvalue weighted by atomic mass is 9.96. The Morgan fingerprint density at radius 2 is 2.22 bits per heavy atom.